The summed E-state index contributed by atoms with van der Waals surface area (Å²) in [6.45, 7) is 5.81. The monoisotopic (exact) mass is 312 g/mol. The van der Waals surface area contributed by atoms with Gasteiger partial charge in [-0.15, -0.1) is 12.4 Å². The average molecular weight is 313 g/mol. The molecule has 2 N–H and O–H groups in total. The number of nitrogens with two attached hydrogens (primary N) is 1. The van der Waals surface area contributed by atoms with E-state index in [0.29, 0.717) is 19.1 Å². The first kappa shape index (κ1) is 18.0. The molecule has 1 aliphatic rings. The molecule has 1 aromatic rings. The Labute approximate surface area is 133 Å². The Kier molecular flexibility index (Phi) is 7.72. The Bertz CT molecular complexity index is 428. The summed E-state index contributed by atoms with van der Waals surface area (Å²) in [6, 6.07) is 7.41. The number of ketones is 1. The molecule has 0 aliphatic carbocycles. The van der Waals surface area contributed by atoms with E-state index in [1.54, 1.807) is 0 Å². The number of halogens is 1. The summed E-state index contributed by atoms with van der Waals surface area (Å²) in [7, 11) is 0. The lowest BCUT2D eigenvalue weighted by atomic mass is 9.97. The van der Waals surface area contributed by atoms with Crippen molar-refractivity contribution in [2.45, 2.75) is 19.8 Å². The molecular weight excluding hydrogens is 288 g/mol. The van der Waals surface area contributed by atoms with Crippen LogP contribution in [0.1, 0.15) is 30.1 Å². The molecule has 0 unspecified atom stereocenters. The van der Waals surface area contributed by atoms with Gasteiger partial charge in [0, 0.05) is 5.56 Å². The second-order valence-corrected chi connectivity index (χ2v) is 5.34. The minimum atomic E-state index is 0. The summed E-state index contributed by atoms with van der Waals surface area (Å²) in [5.74, 6) is 1.62. The Morgan fingerprint density at radius 2 is 1.90 bits per heavy atom. The number of rotatable bonds is 6. The zero-order chi connectivity index (χ0) is 14.4. The van der Waals surface area contributed by atoms with Gasteiger partial charge in [0.2, 0.25) is 0 Å². The Hall–Kier alpha value is -1.10. The van der Waals surface area contributed by atoms with Crippen LogP contribution in [-0.4, -0.2) is 43.5 Å². The number of carbonyl (C=O) groups is 1. The fourth-order valence-corrected chi connectivity index (χ4v) is 2.58. The number of carbonyl (C=O) groups excluding carboxylic acids is 1. The van der Waals surface area contributed by atoms with Crippen molar-refractivity contribution in [3.63, 3.8) is 0 Å². The largest absolute Gasteiger partial charge is 0.494 e. The van der Waals surface area contributed by atoms with Gasteiger partial charge in [-0.1, -0.05) is 0 Å². The van der Waals surface area contributed by atoms with Gasteiger partial charge in [-0.3, -0.25) is 9.69 Å². The number of ether oxygens (including phenoxy) is 1. The SMILES string of the molecule is CCOc1ccc(C(=O)CN2CCC(CN)CC2)cc1.Cl. The highest BCUT2D eigenvalue weighted by Crippen LogP contribution is 2.17. The number of hydrogen-bond acceptors (Lipinski definition) is 4. The quantitative estimate of drug-likeness (QED) is 0.819. The second kappa shape index (κ2) is 9.03. The first-order chi connectivity index (χ1) is 9.72. The molecule has 2 rings (SSSR count). The van der Waals surface area contributed by atoms with Crippen LogP contribution in [-0.2, 0) is 0 Å². The highest BCUT2D eigenvalue weighted by Gasteiger charge is 2.20. The number of benzene rings is 1. The molecule has 1 heterocycles. The van der Waals surface area contributed by atoms with E-state index >= 15 is 0 Å². The average Bonchev–Trinajstić information content (AvgIpc) is 2.49. The van der Waals surface area contributed by atoms with Crippen LogP contribution >= 0.6 is 12.4 Å². The highest BCUT2D eigenvalue weighted by molar-refractivity contribution is 5.97. The molecule has 118 valence electrons. The van der Waals surface area contributed by atoms with Crippen molar-refractivity contribution in [1.82, 2.24) is 4.90 Å². The third kappa shape index (κ3) is 5.30. The van der Waals surface area contributed by atoms with Crippen LogP contribution in [0, 0.1) is 5.92 Å². The van der Waals surface area contributed by atoms with Crippen molar-refractivity contribution in [3.8, 4) is 5.75 Å². The molecule has 0 bridgehead atoms. The predicted octanol–water partition coefficient (Wildman–Crippen LogP) is 2.36. The van der Waals surface area contributed by atoms with Crippen molar-refractivity contribution in [2.24, 2.45) is 11.7 Å². The summed E-state index contributed by atoms with van der Waals surface area (Å²) < 4.78 is 5.38. The maximum Gasteiger partial charge on any atom is 0.176 e. The maximum absolute atomic E-state index is 12.2. The zero-order valence-corrected chi connectivity index (χ0v) is 13.4. The fraction of sp³-hybridized carbons (Fsp3) is 0.562. The van der Waals surface area contributed by atoms with Crippen molar-refractivity contribution < 1.29 is 9.53 Å². The van der Waals surface area contributed by atoms with Gasteiger partial charge in [-0.2, -0.15) is 0 Å². The van der Waals surface area contributed by atoms with Crippen LogP contribution in [0.15, 0.2) is 24.3 Å². The molecule has 0 saturated carbocycles. The smallest absolute Gasteiger partial charge is 0.176 e. The van der Waals surface area contributed by atoms with Gasteiger partial charge >= 0.3 is 0 Å². The third-order valence-corrected chi connectivity index (χ3v) is 3.89. The summed E-state index contributed by atoms with van der Waals surface area (Å²) in [6.07, 6.45) is 2.21. The summed E-state index contributed by atoms with van der Waals surface area (Å²) >= 11 is 0. The van der Waals surface area contributed by atoms with Crippen LogP contribution in [0.5, 0.6) is 5.75 Å². The normalized spacial score (nSPS) is 16.3. The molecule has 4 nitrogen and oxygen atoms in total. The fourth-order valence-electron chi connectivity index (χ4n) is 2.58. The van der Waals surface area contributed by atoms with Crippen LogP contribution in [0.3, 0.4) is 0 Å². The molecular formula is C16H25ClN2O2. The summed E-state index contributed by atoms with van der Waals surface area (Å²) in [4.78, 5) is 14.5. The Morgan fingerprint density at radius 3 is 2.43 bits per heavy atom. The first-order valence-electron chi connectivity index (χ1n) is 7.41. The zero-order valence-electron chi connectivity index (χ0n) is 12.6. The third-order valence-electron chi connectivity index (χ3n) is 3.89. The van der Waals surface area contributed by atoms with Crippen LogP contribution in [0.25, 0.3) is 0 Å². The van der Waals surface area contributed by atoms with E-state index in [-0.39, 0.29) is 18.2 Å². The topological polar surface area (TPSA) is 55.6 Å². The Morgan fingerprint density at radius 1 is 1.29 bits per heavy atom. The first-order valence-corrected chi connectivity index (χ1v) is 7.41. The van der Waals surface area contributed by atoms with Crippen molar-refractivity contribution >= 4 is 18.2 Å². The number of Topliss-reactive ketones (excluding diaryl/α,β-unsaturated/α-hetero) is 1. The van der Waals surface area contributed by atoms with Gasteiger partial charge in [-0.25, -0.2) is 0 Å². The van der Waals surface area contributed by atoms with Crippen molar-refractivity contribution in [2.75, 3.05) is 32.8 Å². The van der Waals surface area contributed by atoms with E-state index in [1.807, 2.05) is 31.2 Å². The van der Waals surface area contributed by atoms with E-state index in [4.69, 9.17) is 10.5 Å². The molecule has 0 atom stereocenters. The molecule has 0 radical (unpaired) electrons. The van der Waals surface area contributed by atoms with Crippen LogP contribution in [0.2, 0.25) is 0 Å². The van der Waals surface area contributed by atoms with Gasteiger partial charge in [0.25, 0.3) is 0 Å². The van der Waals surface area contributed by atoms with Gasteiger partial charge in [0.05, 0.1) is 13.2 Å². The highest BCUT2D eigenvalue weighted by atomic mass is 35.5. The van der Waals surface area contributed by atoms with Crippen LogP contribution in [0.4, 0.5) is 0 Å². The predicted molar refractivity (Wildman–Crippen MR) is 87.4 cm³/mol. The maximum atomic E-state index is 12.2. The van der Waals surface area contributed by atoms with E-state index in [1.165, 1.54) is 0 Å². The number of likely N-dealkylation sites (tertiary alicyclic amines) is 1. The molecule has 1 aliphatic heterocycles. The van der Waals surface area contributed by atoms with Crippen molar-refractivity contribution in [3.05, 3.63) is 29.8 Å². The molecule has 1 fully saturated rings. The van der Waals surface area contributed by atoms with E-state index in [2.05, 4.69) is 4.90 Å². The molecule has 0 amide bonds. The minimum absolute atomic E-state index is 0. The molecule has 0 aromatic heterocycles. The van der Waals surface area contributed by atoms with E-state index < -0.39 is 0 Å². The number of hydrogen-bond donors (Lipinski definition) is 1. The number of piperidine rings is 1. The van der Waals surface area contributed by atoms with Crippen molar-refractivity contribution in [1.29, 1.82) is 0 Å². The molecule has 21 heavy (non-hydrogen) atoms. The van der Waals surface area contributed by atoms with E-state index in [9.17, 15) is 4.79 Å². The van der Waals surface area contributed by atoms with Crippen LogP contribution < -0.4 is 10.5 Å². The molecule has 1 saturated heterocycles. The van der Waals surface area contributed by atoms with Gasteiger partial charge < -0.3 is 10.5 Å². The van der Waals surface area contributed by atoms with E-state index in [0.717, 1.165) is 43.8 Å². The second-order valence-electron chi connectivity index (χ2n) is 5.34. The molecule has 1 aromatic carbocycles. The Balaban J connectivity index is 0.00000220. The summed E-state index contributed by atoms with van der Waals surface area (Å²) in [5.41, 5.74) is 6.44. The van der Waals surface area contributed by atoms with Gasteiger partial charge in [-0.05, 0) is 69.6 Å². The van der Waals surface area contributed by atoms with Gasteiger partial charge in [0.15, 0.2) is 5.78 Å². The summed E-state index contributed by atoms with van der Waals surface area (Å²) in [5, 5.41) is 0. The molecule has 5 heteroatoms. The lowest BCUT2D eigenvalue weighted by Gasteiger charge is -2.30. The lowest BCUT2D eigenvalue weighted by Crippen LogP contribution is -2.39. The minimum Gasteiger partial charge on any atom is -0.494 e. The van der Waals surface area contributed by atoms with Gasteiger partial charge in [0.1, 0.15) is 5.75 Å². The standard InChI is InChI=1S/C16H24N2O2.ClH/c1-2-20-15-5-3-14(4-6-15)16(19)12-18-9-7-13(11-17)8-10-18;/h3-6,13H,2,7-12,17H2,1H3;1H. The lowest BCUT2D eigenvalue weighted by molar-refractivity contribution is 0.0897. The number of nitrogens with zero attached hydrogens (tertiary/aromatic N) is 1. The molecule has 0 spiro atoms.